The van der Waals surface area contributed by atoms with Gasteiger partial charge in [0.1, 0.15) is 0 Å². The fourth-order valence-corrected chi connectivity index (χ4v) is 6.52. The maximum Gasteiger partial charge on any atom is 0.0798 e. The Morgan fingerprint density at radius 1 is 0.714 bits per heavy atom. The quantitative estimate of drug-likeness (QED) is 0.0924. The molecule has 0 amide bonds. The van der Waals surface area contributed by atoms with Crippen molar-refractivity contribution in [3.8, 4) is 0 Å². The van der Waals surface area contributed by atoms with Crippen molar-refractivity contribution in [2.24, 2.45) is 5.11 Å². The first-order valence-corrected chi connectivity index (χ1v) is 14.6. The van der Waals surface area contributed by atoms with Gasteiger partial charge in [0.2, 0.25) is 0 Å². The Bertz CT molecular complexity index is 1590. The molecule has 42 heavy (non-hydrogen) atoms. The Morgan fingerprint density at radius 2 is 1.17 bits per heavy atom. The van der Waals surface area contributed by atoms with Crippen LogP contribution in [0.4, 0.5) is 0 Å². The zero-order valence-corrected chi connectivity index (χ0v) is 29.8. The van der Waals surface area contributed by atoms with Crippen LogP contribution in [0.5, 0.6) is 0 Å². The van der Waals surface area contributed by atoms with E-state index in [1.807, 2.05) is 72.8 Å². The summed E-state index contributed by atoms with van der Waals surface area (Å²) in [6.45, 7) is 0. The molecule has 0 saturated carbocycles. The number of azide groups is 1. The number of aliphatic hydroxyl groups is 1. The Balaban J connectivity index is 0.000000219. The second kappa shape index (κ2) is 15.9. The fourth-order valence-electron chi connectivity index (χ4n) is 5.88. The molecule has 4 atom stereocenters. The molecule has 0 spiro atoms. The maximum absolute atomic E-state index is 10.1. The summed E-state index contributed by atoms with van der Waals surface area (Å²) in [5, 5.41) is 16.3. The summed E-state index contributed by atoms with van der Waals surface area (Å²) in [7, 11) is 3.75. The van der Waals surface area contributed by atoms with Crippen LogP contribution in [0.3, 0.4) is 0 Å². The average molecular weight is 862 g/mol. The van der Waals surface area contributed by atoms with E-state index in [0.29, 0.717) is 31.9 Å². The normalized spacial score (nSPS) is 19.8. The van der Waals surface area contributed by atoms with Gasteiger partial charge < -0.3 is 5.11 Å². The van der Waals surface area contributed by atoms with Crippen molar-refractivity contribution in [1.82, 2.24) is 0 Å². The summed E-state index contributed by atoms with van der Waals surface area (Å²) in [5.74, 6) is 0.692. The topological polar surface area (TPSA) is 69.0 Å². The molecule has 4 aromatic carbocycles. The zero-order chi connectivity index (χ0) is 30.2. The predicted octanol–water partition coefficient (Wildman–Crippen LogP) is 10.2. The van der Waals surface area contributed by atoms with Gasteiger partial charge >= 0.3 is 0 Å². The molecule has 1 N–H and O–H groups in total. The molecule has 4 aromatic rings. The first kappa shape index (κ1) is 33.3. The van der Waals surface area contributed by atoms with Crippen LogP contribution in [0, 0.1) is 31.1 Å². The molecule has 4 unspecified atom stereocenters. The summed E-state index contributed by atoms with van der Waals surface area (Å²) in [4.78, 5) is 2.97. The van der Waals surface area contributed by atoms with Gasteiger partial charge in [-0.2, -0.15) is 0 Å². The minimum atomic E-state index is -0.344. The number of halogens is 4. The Morgan fingerprint density at radius 3 is 1.67 bits per heavy atom. The van der Waals surface area contributed by atoms with Gasteiger partial charge in [-0.25, -0.2) is 0 Å². The molecule has 0 aromatic heterocycles. The van der Waals surface area contributed by atoms with Crippen LogP contribution in [0.25, 0.3) is 10.4 Å². The second-order valence-electron chi connectivity index (χ2n) is 10.3. The third-order valence-corrected chi connectivity index (χ3v) is 9.21. The van der Waals surface area contributed by atoms with Gasteiger partial charge in [0, 0.05) is 44.4 Å². The van der Waals surface area contributed by atoms with Crippen molar-refractivity contribution < 1.29 is 36.2 Å². The number of benzene rings is 4. The molecular weight excluding hydrogens is 833 g/mol. The van der Waals surface area contributed by atoms with Gasteiger partial charge in [-0.05, 0) is 102 Å². The number of hydrogen-bond acceptors (Lipinski definition) is 2. The SMILES string of the molecule is OC1CC(Cc2ccc(Cl)c(Cl)c2)c2ccccc21.[2H][B].[N-]=[N+]=NC1CC(Cc2ccc(Cl)c(Cl)c2)c2ccccc21.[U]. The molecular formula is C32H28BCl4N3OU. The number of rotatable bonds is 5. The third-order valence-electron chi connectivity index (χ3n) is 7.73. The number of hydrogen-bond donors (Lipinski definition) is 1. The number of fused-ring (bicyclic) bond motifs is 2. The van der Waals surface area contributed by atoms with E-state index >= 15 is 0 Å². The minimum Gasteiger partial charge on any atom is -0.388 e. The monoisotopic (exact) mass is 860 g/mol. The van der Waals surface area contributed by atoms with E-state index in [1.165, 1.54) is 11.1 Å². The van der Waals surface area contributed by atoms with Crippen LogP contribution in [0.1, 0.15) is 70.2 Å². The smallest absolute Gasteiger partial charge is 0.0798 e. The van der Waals surface area contributed by atoms with E-state index in [0.717, 1.165) is 47.9 Å². The third kappa shape index (κ3) is 8.12. The maximum atomic E-state index is 10.1. The summed E-state index contributed by atoms with van der Waals surface area (Å²) >= 11 is 24.0. The first-order chi connectivity index (χ1) is 20.3. The van der Waals surface area contributed by atoms with Crippen LogP contribution in [0.2, 0.25) is 20.1 Å². The molecule has 0 aliphatic heterocycles. The van der Waals surface area contributed by atoms with Crippen LogP contribution < -0.4 is 0 Å². The van der Waals surface area contributed by atoms with Crippen molar-refractivity contribution in [3.63, 3.8) is 0 Å². The van der Waals surface area contributed by atoms with Crippen LogP contribution >= 0.6 is 46.4 Å². The van der Waals surface area contributed by atoms with Crippen molar-refractivity contribution in [2.45, 2.75) is 49.7 Å². The first-order valence-electron chi connectivity index (χ1n) is 13.7. The van der Waals surface area contributed by atoms with E-state index in [2.05, 4.69) is 30.5 Å². The van der Waals surface area contributed by atoms with E-state index in [1.54, 1.807) is 0 Å². The van der Waals surface area contributed by atoms with E-state index < -0.39 is 0 Å². The molecule has 212 valence electrons. The largest absolute Gasteiger partial charge is 0.388 e. The van der Waals surface area contributed by atoms with Crippen molar-refractivity contribution in [1.29, 1.82) is 1.34 Å². The van der Waals surface area contributed by atoms with E-state index in [9.17, 15) is 5.11 Å². The Hall–Kier alpha value is -1.57. The molecule has 0 fully saturated rings. The van der Waals surface area contributed by atoms with Gasteiger partial charge in [0.05, 0.1) is 32.2 Å². The Labute approximate surface area is 293 Å². The standard InChI is InChI=1S/C16H13Cl2N3.C16H14Cl2O.BH.U/c17-14-6-5-10(8-15(14)18)7-11-9-16(20-21-19)13-4-2-1-3-12(11)13;17-14-6-5-10(8-15(14)18)7-11-9-16(19)13-4-2-1-3-12(11)13;;/h1-6,8,11,16H,7,9H2;1-6,8,11,16,19H,7,9H2;1H;/i;;1D;. The number of nitrogens with zero attached hydrogens (tertiary/aromatic N) is 3. The van der Waals surface area contributed by atoms with Gasteiger partial charge in [-0.3, -0.25) is 0 Å². The van der Waals surface area contributed by atoms with Crippen LogP contribution in [-0.2, 0) is 12.8 Å². The Kier molecular flexibility index (Phi) is 12.7. The minimum absolute atomic E-state index is 0. The van der Waals surface area contributed by atoms with E-state index in [4.69, 9.17) is 53.3 Å². The molecule has 2 aliphatic carbocycles. The molecule has 10 heteroatoms. The zero-order valence-electron chi connectivity index (χ0n) is 23.6. The van der Waals surface area contributed by atoms with Gasteiger partial charge in [0.25, 0.3) is 0 Å². The molecule has 0 bridgehead atoms. The summed E-state index contributed by atoms with van der Waals surface area (Å²) < 4.78 is 5.25. The summed E-state index contributed by atoms with van der Waals surface area (Å²) in [6, 6.07) is 27.7. The van der Waals surface area contributed by atoms with Gasteiger partial charge in [-0.1, -0.05) is 112 Å². The van der Waals surface area contributed by atoms with Crippen molar-refractivity contribution in [3.05, 3.63) is 149 Å². The van der Waals surface area contributed by atoms with Gasteiger partial charge in [0.15, 0.2) is 0 Å². The van der Waals surface area contributed by atoms with Crippen LogP contribution in [-0.4, -0.2) is 14.8 Å². The molecule has 6 rings (SSSR count). The fraction of sp³-hybridized carbons (Fsp3) is 0.250. The molecule has 4 nitrogen and oxygen atoms in total. The molecule has 2 radical (unpaired) electrons. The molecule has 2 aliphatic rings. The van der Waals surface area contributed by atoms with Crippen molar-refractivity contribution >= 4 is 54.8 Å². The van der Waals surface area contributed by atoms with Crippen molar-refractivity contribution in [2.75, 3.05) is 0 Å². The second-order valence-corrected chi connectivity index (χ2v) is 11.9. The molecule has 0 saturated heterocycles. The van der Waals surface area contributed by atoms with Crippen LogP contribution in [0.15, 0.2) is 90.0 Å². The van der Waals surface area contributed by atoms with E-state index in [-0.39, 0.29) is 43.3 Å². The average Bonchev–Trinajstić information content (AvgIpc) is 3.51. The summed E-state index contributed by atoms with van der Waals surface area (Å²) in [6.07, 6.45) is 3.02. The molecule has 0 heterocycles. The predicted molar refractivity (Wildman–Crippen MR) is 172 cm³/mol. The number of aliphatic hydroxyl groups excluding tert-OH is 1. The summed E-state index contributed by atoms with van der Waals surface area (Å²) in [5.41, 5.74) is 15.7. The van der Waals surface area contributed by atoms with Gasteiger partial charge in [-0.15, -0.1) is 0 Å².